The highest BCUT2D eigenvalue weighted by molar-refractivity contribution is 6.33. The van der Waals surface area contributed by atoms with Gasteiger partial charge >= 0.3 is 5.97 Å². The SMILES string of the molecule is CC1CCCCC1N(C)c1ccc(/C=C/C(=O)O)cc1Cl. The summed E-state index contributed by atoms with van der Waals surface area (Å²) in [5, 5.41) is 9.33. The number of hydrogen-bond acceptors (Lipinski definition) is 2. The summed E-state index contributed by atoms with van der Waals surface area (Å²) in [4.78, 5) is 12.8. The number of halogens is 1. The molecule has 3 nitrogen and oxygen atoms in total. The molecule has 1 N–H and O–H groups in total. The zero-order valence-electron chi connectivity index (χ0n) is 12.6. The smallest absolute Gasteiger partial charge is 0.328 e. The number of carboxylic acids is 1. The Morgan fingerprint density at radius 3 is 2.71 bits per heavy atom. The van der Waals surface area contributed by atoms with E-state index in [9.17, 15) is 4.79 Å². The summed E-state index contributed by atoms with van der Waals surface area (Å²) in [6.07, 6.45) is 7.74. The molecular formula is C17H22ClNO2. The fourth-order valence-electron chi connectivity index (χ4n) is 3.13. The van der Waals surface area contributed by atoms with Crippen molar-refractivity contribution in [3.63, 3.8) is 0 Å². The number of aliphatic carboxylic acids is 1. The molecule has 1 aliphatic carbocycles. The Balaban J connectivity index is 2.18. The Morgan fingerprint density at radius 2 is 2.10 bits per heavy atom. The first-order valence-electron chi connectivity index (χ1n) is 7.42. The zero-order valence-corrected chi connectivity index (χ0v) is 13.3. The molecular weight excluding hydrogens is 286 g/mol. The van der Waals surface area contributed by atoms with Gasteiger partial charge in [0.15, 0.2) is 0 Å². The van der Waals surface area contributed by atoms with Crippen LogP contribution in [0.25, 0.3) is 6.08 Å². The summed E-state index contributed by atoms with van der Waals surface area (Å²) in [6, 6.07) is 6.23. The van der Waals surface area contributed by atoms with E-state index < -0.39 is 5.97 Å². The zero-order chi connectivity index (χ0) is 15.4. The van der Waals surface area contributed by atoms with Crippen molar-refractivity contribution in [2.75, 3.05) is 11.9 Å². The summed E-state index contributed by atoms with van der Waals surface area (Å²) in [7, 11) is 2.10. The van der Waals surface area contributed by atoms with Gasteiger partial charge in [0.2, 0.25) is 0 Å². The molecule has 4 heteroatoms. The average Bonchev–Trinajstić information content (AvgIpc) is 2.45. The van der Waals surface area contributed by atoms with Gasteiger partial charge < -0.3 is 10.0 Å². The van der Waals surface area contributed by atoms with E-state index in [0.29, 0.717) is 17.0 Å². The monoisotopic (exact) mass is 307 g/mol. The van der Waals surface area contributed by atoms with Crippen molar-refractivity contribution in [2.24, 2.45) is 5.92 Å². The van der Waals surface area contributed by atoms with Gasteiger partial charge in [0.05, 0.1) is 10.7 Å². The summed E-state index contributed by atoms with van der Waals surface area (Å²) < 4.78 is 0. The van der Waals surface area contributed by atoms with Gasteiger partial charge in [-0.05, 0) is 42.5 Å². The molecule has 1 aromatic rings. The minimum Gasteiger partial charge on any atom is -0.478 e. The molecule has 114 valence electrons. The number of rotatable bonds is 4. The van der Waals surface area contributed by atoms with Crippen LogP contribution in [0.1, 0.15) is 38.2 Å². The van der Waals surface area contributed by atoms with Crippen LogP contribution in [0, 0.1) is 5.92 Å². The molecule has 2 atom stereocenters. The highest BCUT2D eigenvalue weighted by Gasteiger charge is 2.26. The third-order valence-electron chi connectivity index (χ3n) is 4.33. The summed E-state index contributed by atoms with van der Waals surface area (Å²) >= 11 is 6.38. The van der Waals surface area contributed by atoms with Gasteiger partial charge in [-0.2, -0.15) is 0 Å². The van der Waals surface area contributed by atoms with Crippen molar-refractivity contribution in [3.8, 4) is 0 Å². The first-order valence-corrected chi connectivity index (χ1v) is 7.80. The molecule has 2 rings (SSSR count). The standard InChI is InChI=1S/C17H22ClNO2/c1-12-5-3-4-6-15(12)19(2)16-9-7-13(11-14(16)18)8-10-17(20)21/h7-12,15H,3-6H2,1-2H3,(H,20,21)/b10-8+. The van der Waals surface area contributed by atoms with E-state index in [1.54, 1.807) is 6.08 Å². The third kappa shape index (κ3) is 4.01. The molecule has 1 aliphatic rings. The van der Waals surface area contributed by atoms with Gasteiger partial charge in [0, 0.05) is 19.2 Å². The van der Waals surface area contributed by atoms with E-state index in [-0.39, 0.29) is 0 Å². The predicted molar refractivity (Wildman–Crippen MR) is 87.9 cm³/mol. The van der Waals surface area contributed by atoms with Gasteiger partial charge in [0.25, 0.3) is 0 Å². The highest BCUT2D eigenvalue weighted by atomic mass is 35.5. The normalized spacial score (nSPS) is 22.4. The lowest BCUT2D eigenvalue weighted by atomic mass is 9.85. The maximum Gasteiger partial charge on any atom is 0.328 e. The molecule has 1 saturated carbocycles. The van der Waals surface area contributed by atoms with Crippen LogP contribution in [0.15, 0.2) is 24.3 Å². The second kappa shape index (κ2) is 6.99. The van der Waals surface area contributed by atoms with Crippen LogP contribution in [-0.4, -0.2) is 24.2 Å². The Labute approximate surface area is 131 Å². The van der Waals surface area contributed by atoms with Crippen molar-refractivity contribution in [2.45, 2.75) is 38.6 Å². The number of carboxylic acid groups (broad SMARTS) is 1. The Morgan fingerprint density at radius 1 is 1.38 bits per heavy atom. The quantitative estimate of drug-likeness (QED) is 0.835. The van der Waals surface area contributed by atoms with Crippen LogP contribution in [-0.2, 0) is 4.79 Å². The lowest BCUT2D eigenvalue weighted by Gasteiger charge is -2.38. The van der Waals surface area contributed by atoms with Crippen molar-refractivity contribution in [1.29, 1.82) is 0 Å². The molecule has 2 unspecified atom stereocenters. The molecule has 0 heterocycles. The second-order valence-corrected chi connectivity index (χ2v) is 6.23. The van der Waals surface area contributed by atoms with Gasteiger partial charge in [0.1, 0.15) is 0 Å². The minimum absolute atomic E-state index is 0.525. The first-order chi connectivity index (χ1) is 9.99. The number of anilines is 1. The Hall–Kier alpha value is -1.48. The van der Waals surface area contributed by atoms with Crippen LogP contribution < -0.4 is 4.90 Å². The van der Waals surface area contributed by atoms with E-state index in [1.165, 1.54) is 25.7 Å². The van der Waals surface area contributed by atoms with E-state index in [1.807, 2.05) is 18.2 Å². The van der Waals surface area contributed by atoms with Gasteiger partial charge in [-0.25, -0.2) is 4.79 Å². The largest absolute Gasteiger partial charge is 0.478 e. The van der Waals surface area contributed by atoms with Crippen LogP contribution >= 0.6 is 11.6 Å². The maximum absolute atomic E-state index is 10.5. The van der Waals surface area contributed by atoms with E-state index in [0.717, 1.165) is 17.3 Å². The number of benzene rings is 1. The van der Waals surface area contributed by atoms with Gasteiger partial charge in [-0.1, -0.05) is 37.4 Å². The summed E-state index contributed by atoms with van der Waals surface area (Å²) in [5.74, 6) is -0.283. The fourth-order valence-corrected chi connectivity index (χ4v) is 3.45. The summed E-state index contributed by atoms with van der Waals surface area (Å²) in [6.45, 7) is 2.30. The molecule has 0 saturated heterocycles. The molecule has 1 fully saturated rings. The van der Waals surface area contributed by atoms with Crippen molar-refractivity contribution in [1.82, 2.24) is 0 Å². The van der Waals surface area contributed by atoms with Crippen molar-refractivity contribution < 1.29 is 9.90 Å². The molecule has 1 aromatic carbocycles. The fraction of sp³-hybridized carbons (Fsp3) is 0.471. The molecule has 21 heavy (non-hydrogen) atoms. The number of hydrogen-bond donors (Lipinski definition) is 1. The van der Waals surface area contributed by atoms with Crippen molar-refractivity contribution >= 4 is 29.3 Å². The predicted octanol–water partition coefficient (Wildman–Crippen LogP) is 4.45. The van der Waals surface area contributed by atoms with E-state index in [2.05, 4.69) is 18.9 Å². The van der Waals surface area contributed by atoms with Gasteiger partial charge in [-0.15, -0.1) is 0 Å². The lowest BCUT2D eigenvalue weighted by molar-refractivity contribution is -0.131. The third-order valence-corrected chi connectivity index (χ3v) is 4.64. The van der Waals surface area contributed by atoms with Gasteiger partial charge in [-0.3, -0.25) is 0 Å². The first kappa shape index (κ1) is 15.9. The topological polar surface area (TPSA) is 40.5 Å². The molecule has 0 bridgehead atoms. The molecule has 0 aliphatic heterocycles. The average molecular weight is 308 g/mol. The molecule has 0 spiro atoms. The highest BCUT2D eigenvalue weighted by Crippen LogP contribution is 2.34. The Bertz CT molecular complexity index is 542. The summed E-state index contributed by atoms with van der Waals surface area (Å²) in [5.41, 5.74) is 1.82. The second-order valence-electron chi connectivity index (χ2n) is 5.82. The van der Waals surface area contributed by atoms with Crippen LogP contribution in [0.2, 0.25) is 5.02 Å². The molecule has 0 aromatic heterocycles. The molecule has 0 amide bonds. The van der Waals surface area contributed by atoms with E-state index >= 15 is 0 Å². The number of nitrogens with zero attached hydrogens (tertiary/aromatic N) is 1. The van der Waals surface area contributed by atoms with Crippen LogP contribution in [0.4, 0.5) is 5.69 Å². The maximum atomic E-state index is 10.5. The lowest BCUT2D eigenvalue weighted by Crippen LogP contribution is -2.39. The van der Waals surface area contributed by atoms with E-state index in [4.69, 9.17) is 16.7 Å². The van der Waals surface area contributed by atoms with Crippen LogP contribution in [0.3, 0.4) is 0 Å². The Kier molecular flexibility index (Phi) is 5.29. The minimum atomic E-state index is -0.955. The molecule has 0 radical (unpaired) electrons. The van der Waals surface area contributed by atoms with Crippen molar-refractivity contribution in [3.05, 3.63) is 34.9 Å². The van der Waals surface area contributed by atoms with Crippen LogP contribution in [0.5, 0.6) is 0 Å². The number of carbonyl (C=O) groups is 1.